The van der Waals surface area contributed by atoms with E-state index in [0.717, 1.165) is 25.9 Å². The highest BCUT2D eigenvalue weighted by Crippen LogP contribution is 2.33. The van der Waals surface area contributed by atoms with Gasteiger partial charge in [0.1, 0.15) is 11.9 Å². The molecule has 2 N–H and O–H groups in total. The average Bonchev–Trinajstić information content (AvgIpc) is 3.11. The van der Waals surface area contributed by atoms with Gasteiger partial charge in [-0.3, -0.25) is 19.8 Å². The lowest BCUT2D eigenvalue weighted by Crippen LogP contribution is -2.62. The van der Waals surface area contributed by atoms with Crippen LogP contribution in [0.15, 0.2) is 34.9 Å². The topological polar surface area (TPSA) is 96.7 Å². The van der Waals surface area contributed by atoms with Gasteiger partial charge in [0.2, 0.25) is 5.91 Å². The molecule has 0 spiro atoms. The van der Waals surface area contributed by atoms with Crippen LogP contribution in [0.25, 0.3) is 0 Å². The van der Waals surface area contributed by atoms with Crippen molar-refractivity contribution >= 4 is 17.8 Å². The molecule has 5 rings (SSSR count). The summed E-state index contributed by atoms with van der Waals surface area (Å²) in [6.45, 7) is 5.76. The standard InChI is InChI=1S/C20H24N4O4/c1-12-18(14-7-9-24(12)10-8-14)23-19(26)15-5-3-4-6-16(15)27-17-11-21-20(28-17)22-13(2)25/h3-6,11-12,14,18H,7-10H2,1-2H3,(H,23,26)(H,21,22,25)/t12-,18+/m1/s1. The lowest BCUT2D eigenvalue weighted by atomic mass is 9.79. The fourth-order valence-corrected chi connectivity index (χ4v) is 4.14. The number of ether oxygens (including phenoxy) is 1. The van der Waals surface area contributed by atoms with Crippen molar-refractivity contribution in [2.24, 2.45) is 5.92 Å². The van der Waals surface area contributed by atoms with Gasteiger partial charge in [-0.25, -0.2) is 0 Å². The smallest absolute Gasteiger partial charge is 0.312 e. The number of nitrogens with zero attached hydrogens (tertiary/aromatic N) is 2. The van der Waals surface area contributed by atoms with E-state index in [1.54, 1.807) is 24.3 Å². The van der Waals surface area contributed by atoms with Crippen LogP contribution in [-0.2, 0) is 4.79 Å². The third-order valence-electron chi connectivity index (χ3n) is 5.59. The number of carbonyl (C=O) groups excluding carboxylic acids is 2. The Morgan fingerprint density at radius 2 is 2.00 bits per heavy atom. The normalized spacial score (nSPS) is 25.9. The first-order valence-corrected chi connectivity index (χ1v) is 9.56. The summed E-state index contributed by atoms with van der Waals surface area (Å²) in [5.74, 6) is 0.536. The van der Waals surface area contributed by atoms with Crippen molar-refractivity contribution in [3.05, 3.63) is 36.0 Å². The Hall–Kier alpha value is -2.87. The van der Waals surface area contributed by atoms with E-state index >= 15 is 0 Å². The molecular formula is C20H24N4O4. The Bertz CT molecular complexity index is 871. The first-order chi connectivity index (χ1) is 13.5. The molecule has 2 bridgehead atoms. The maximum atomic E-state index is 13.0. The van der Waals surface area contributed by atoms with Crippen LogP contribution in [0.3, 0.4) is 0 Å². The summed E-state index contributed by atoms with van der Waals surface area (Å²) >= 11 is 0. The highest BCUT2D eigenvalue weighted by Gasteiger charge is 2.40. The van der Waals surface area contributed by atoms with Crippen LogP contribution in [0.1, 0.15) is 37.0 Å². The van der Waals surface area contributed by atoms with Crippen molar-refractivity contribution in [1.82, 2.24) is 15.2 Å². The second kappa shape index (κ2) is 7.63. The molecule has 3 fully saturated rings. The molecule has 0 saturated carbocycles. The molecule has 2 amide bonds. The average molecular weight is 384 g/mol. The molecule has 4 heterocycles. The molecule has 3 saturated heterocycles. The van der Waals surface area contributed by atoms with Gasteiger partial charge < -0.3 is 14.5 Å². The van der Waals surface area contributed by atoms with Gasteiger partial charge in [0.05, 0.1) is 5.56 Å². The second-order valence-electron chi connectivity index (χ2n) is 7.38. The number of para-hydroxylation sites is 1. The molecule has 0 radical (unpaired) electrons. The van der Waals surface area contributed by atoms with Gasteiger partial charge in [-0.2, -0.15) is 4.98 Å². The Balaban J connectivity index is 1.48. The number of aromatic nitrogens is 1. The van der Waals surface area contributed by atoms with Gasteiger partial charge in [0.25, 0.3) is 5.91 Å². The van der Waals surface area contributed by atoms with Crippen LogP contribution in [0.2, 0.25) is 0 Å². The lowest BCUT2D eigenvalue weighted by molar-refractivity contribution is -0.114. The molecule has 2 aromatic rings. The van der Waals surface area contributed by atoms with Gasteiger partial charge in [0.15, 0.2) is 0 Å². The first-order valence-electron chi connectivity index (χ1n) is 9.56. The fourth-order valence-electron chi connectivity index (χ4n) is 4.14. The summed E-state index contributed by atoms with van der Waals surface area (Å²) in [6.07, 6.45) is 3.60. The number of anilines is 1. The molecule has 2 atom stereocenters. The molecule has 8 nitrogen and oxygen atoms in total. The third-order valence-corrected chi connectivity index (χ3v) is 5.59. The van der Waals surface area contributed by atoms with E-state index in [1.807, 2.05) is 0 Å². The molecule has 3 aliphatic rings. The summed E-state index contributed by atoms with van der Waals surface area (Å²) in [7, 11) is 0. The van der Waals surface area contributed by atoms with Gasteiger partial charge in [-0.05, 0) is 50.9 Å². The number of hydrogen-bond acceptors (Lipinski definition) is 6. The van der Waals surface area contributed by atoms with Crippen LogP contribution in [-0.4, -0.2) is 46.9 Å². The number of rotatable bonds is 5. The van der Waals surface area contributed by atoms with Gasteiger partial charge >= 0.3 is 12.0 Å². The maximum Gasteiger partial charge on any atom is 0.312 e. The van der Waals surface area contributed by atoms with Crippen molar-refractivity contribution in [3.8, 4) is 11.7 Å². The summed E-state index contributed by atoms with van der Waals surface area (Å²) < 4.78 is 11.1. The van der Waals surface area contributed by atoms with Crippen LogP contribution >= 0.6 is 0 Å². The third kappa shape index (κ3) is 3.73. The van der Waals surface area contributed by atoms with E-state index in [-0.39, 0.29) is 29.8 Å². The zero-order valence-corrected chi connectivity index (χ0v) is 16.0. The molecule has 1 aromatic carbocycles. The number of piperidine rings is 3. The van der Waals surface area contributed by atoms with E-state index in [2.05, 4.69) is 27.4 Å². The van der Waals surface area contributed by atoms with Gasteiger partial charge in [0, 0.05) is 19.0 Å². The number of oxazole rings is 1. The number of benzene rings is 1. The van der Waals surface area contributed by atoms with Crippen LogP contribution in [0.5, 0.6) is 11.7 Å². The second-order valence-corrected chi connectivity index (χ2v) is 7.38. The van der Waals surface area contributed by atoms with E-state index in [0.29, 0.717) is 23.3 Å². The van der Waals surface area contributed by atoms with Crippen molar-refractivity contribution in [3.63, 3.8) is 0 Å². The number of amides is 2. The summed E-state index contributed by atoms with van der Waals surface area (Å²) in [5, 5.41) is 5.65. The van der Waals surface area contributed by atoms with Crippen LogP contribution in [0.4, 0.5) is 6.01 Å². The van der Waals surface area contributed by atoms with E-state index in [9.17, 15) is 9.59 Å². The summed E-state index contributed by atoms with van der Waals surface area (Å²) in [4.78, 5) is 30.4. The lowest BCUT2D eigenvalue weighted by Gasteiger charge is -2.49. The van der Waals surface area contributed by atoms with Gasteiger partial charge in [-0.15, -0.1) is 0 Å². The van der Waals surface area contributed by atoms with Crippen LogP contribution in [0, 0.1) is 5.92 Å². The predicted octanol–water partition coefficient (Wildman–Crippen LogP) is 2.64. The number of hydrogen-bond donors (Lipinski definition) is 2. The minimum Gasteiger partial charge on any atom is -0.424 e. The summed E-state index contributed by atoms with van der Waals surface area (Å²) in [6, 6.07) is 7.53. The monoisotopic (exact) mass is 384 g/mol. The van der Waals surface area contributed by atoms with Crippen molar-refractivity contribution in [2.75, 3.05) is 18.4 Å². The number of carbonyl (C=O) groups is 2. The zero-order chi connectivity index (χ0) is 19.7. The maximum absolute atomic E-state index is 13.0. The predicted molar refractivity (Wildman–Crippen MR) is 102 cm³/mol. The molecule has 3 aliphatic heterocycles. The molecule has 8 heteroatoms. The minimum absolute atomic E-state index is 0.0468. The fraction of sp³-hybridized carbons (Fsp3) is 0.450. The highest BCUT2D eigenvalue weighted by molar-refractivity contribution is 5.97. The molecule has 0 unspecified atom stereocenters. The summed E-state index contributed by atoms with van der Waals surface area (Å²) in [5.41, 5.74) is 0.434. The number of nitrogens with one attached hydrogen (secondary N) is 2. The first kappa shape index (κ1) is 18.5. The Labute approximate surface area is 163 Å². The highest BCUT2D eigenvalue weighted by atomic mass is 16.6. The number of fused-ring (bicyclic) bond motifs is 3. The van der Waals surface area contributed by atoms with Crippen molar-refractivity contribution in [1.29, 1.82) is 0 Å². The molecule has 28 heavy (non-hydrogen) atoms. The Kier molecular flexibility index (Phi) is 5.04. The van der Waals surface area contributed by atoms with Crippen molar-refractivity contribution in [2.45, 2.75) is 38.8 Å². The van der Waals surface area contributed by atoms with Crippen molar-refractivity contribution < 1.29 is 18.7 Å². The molecular weight excluding hydrogens is 360 g/mol. The van der Waals surface area contributed by atoms with E-state index in [4.69, 9.17) is 9.15 Å². The van der Waals surface area contributed by atoms with E-state index in [1.165, 1.54) is 13.1 Å². The Morgan fingerprint density at radius 1 is 1.25 bits per heavy atom. The van der Waals surface area contributed by atoms with Crippen LogP contribution < -0.4 is 15.4 Å². The minimum atomic E-state index is -0.292. The Morgan fingerprint density at radius 3 is 2.71 bits per heavy atom. The molecule has 1 aromatic heterocycles. The van der Waals surface area contributed by atoms with E-state index < -0.39 is 0 Å². The largest absolute Gasteiger partial charge is 0.424 e. The molecule has 0 aliphatic carbocycles. The quantitative estimate of drug-likeness (QED) is 0.823. The zero-order valence-electron chi connectivity index (χ0n) is 16.0. The van der Waals surface area contributed by atoms with Gasteiger partial charge in [-0.1, -0.05) is 12.1 Å². The SMILES string of the molecule is CC(=O)Nc1ncc(Oc2ccccc2C(=O)N[C@@H]2C3CCN(CC3)[C@@H]2C)o1. The molecule has 148 valence electrons.